The molecule has 0 radical (unpaired) electrons. The van der Waals surface area contributed by atoms with Crippen molar-refractivity contribution >= 4 is 0 Å². The Morgan fingerprint density at radius 1 is 1.20 bits per heavy atom. The number of nitriles is 1. The molecule has 0 unspecified atom stereocenters. The van der Waals surface area contributed by atoms with Crippen LogP contribution in [0.1, 0.15) is 51.6 Å². The summed E-state index contributed by atoms with van der Waals surface area (Å²) in [6.07, 6.45) is 0. The van der Waals surface area contributed by atoms with Crippen LogP contribution in [0.15, 0.2) is 12.1 Å². The minimum absolute atomic E-state index is 0.0132. The van der Waals surface area contributed by atoms with Crippen molar-refractivity contribution in [2.45, 2.75) is 47.0 Å². The Bertz CT molecular complexity index is 354. The molecule has 0 N–H and O–H groups in total. The first-order chi connectivity index (χ1) is 6.95. The van der Waals surface area contributed by atoms with Crippen LogP contribution in [0.4, 0.5) is 0 Å². The summed E-state index contributed by atoms with van der Waals surface area (Å²) in [6.45, 7) is 12.2. The van der Waals surface area contributed by atoms with Crippen LogP contribution in [0.3, 0.4) is 0 Å². The van der Waals surface area contributed by atoms with Gasteiger partial charge in [-0.1, -0.05) is 40.7 Å². The van der Waals surface area contributed by atoms with Crippen LogP contribution in [-0.2, 0) is 5.41 Å². The van der Waals surface area contributed by atoms with Crippen LogP contribution in [0, 0.1) is 18.3 Å². The van der Waals surface area contributed by atoms with E-state index in [4.69, 9.17) is 5.26 Å². The standard InChI is InChI=1S/C11H14N2.C2H6/c1-8-5-6-10(11(2,3)4)13-9(8)7-12;1-2/h5-6H,1-4H3;1-2H3. The monoisotopic (exact) mass is 204 g/mol. The van der Waals surface area contributed by atoms with E-state index in [1.165, 1.54) is 0 Å². The van der Waals surface area contributed by atoms with Crippen LogP contribution in [0.2, 0.25) is 0 Å². The Morgan fingerprint density at radius 3 is 2.13 bits per heavy atom. The molecule has 0 saturated carbocycles. The van der Waals surface area contributed by atoms with Gasteiger partial charge in [0.25, 0.3) is 0 Å². The number of aromatic nitrogens is 1. The molecule has 1 rings (SSSR count). The summed E-state index contributed by atoms with van der Waals surface area (Å²) < 4.78 is 0. The lowest BCUT2D eigenvalue weighted by molar-refractivity contribution is 0.568. The second-order valence-electron chi connectivity index (χ2n) is 4.22. The Labute approximate surface area is 93.0 Å². The molecular formula is C13H20N2. The molecule has 0 bridgehead atoms. The summed E-state index contributed by atoms with van der Waals surface area (Å²) >= 11 is 0. The second kappa shape index (κ2) is 5.50. The first-order valence-corrected chi connectivity index (χ1v) is 5.33. The van der Waals surface area contributed by atoms with Gasteiger partial charge in [-0.2, -0.15) is 5.26 Å². The molecule has 0 aliphatic heterocycles. The zero-order valence-corrected chi connectivity index (χ0v) is 10.5. The normalized spacial score (nSPS) is 9.93. The molecule has 0 aliphatic carbocycles. The van der Waals surface area contributed by atoms with Crippen molar-refractivity contribution in [3.63, 3.8) is 0 Å². The van der Waals surface area contributed by atoms with Crippen LogP contribution in [0.25, 0.3) is 0 Å². The molecule has 0 aliphatic rings. The first-order valence-electron chi connectivity index (χ1n) is 5.33. The minimum atomic E-state index is 0.0132. The van der Waals surface area contributed by atoms with Gasteiger partial charge >= 0.3 is 0 Å². The quantitative estimate of drug-likeness (QED) is 0.647. The predicted octanol–water partition coefficient (Wildman–Crippen LogP) is 3.59. The lowest BCUT2D eigenvalue weighted by Gasteiger charge is -2.17. The van der Waals surface area contributed by atoms with Gasteiger partial charge < -0.3 is 0 Å². The molecule has 0 aromatic carbocycles. The summed E-state index contributed by atoms with van der Waals surface area (Å²) in [4.78, 5) is 4.30. The molecule has 15 heavy (non-hydrogen) atoms. The molecule has 2 nitrogen and oxygen atoms in total. The van der Waals surface area contributed by atoms with Gasteiger partial charge in [0.2, 0.25) is 0 Å². The fraction of sp³-hybridized carbons (Fsp3) is 0.538. The Hall–Kier alpha value is -1.36. The lowest BCUT2D eigenvalue weighted by Crippen LogP contribution is -2.14. The molecule has 0 atom stereocenters. The minimum Gasteiger partial charge on any atom is -0.241 e. The van der Waals surface area contributed by atoms with Crippen molar-refractivity contribution < 1.29 is 0 Å². The van der Waals surface area contributed by atoms with Crippen molar-refractivity contribution in [1.82, 2.24) is 4.98 Å². The molecule has 82 valence electrons. The number of nitrogens with zero attached hydrogens (tertiary/aromatic N) is 2. The third kappa shape index (κ3) is 3.71. The van der Waals surface area contributed by atoms with E-state index in [0.29, 0.717) is 5.69 Å². The zero-order valence-electron chi connectivity index (χ0n) is 10.5. The van der Waals surface area contributed by atoms with Crippen molar-refractivity contribution in [2.75, 3.05) is 0 Å². The summed E-state index contributed by atoms with van der Waals surface area (Å²) in [6, 6.07) is 6.03. The molecule has 2 heteroatoms. The van der Waals surface area contributed by atoms with E-state index < -0.39 is 0 Å². The van der Waals surface area contributed by atoms with Gasteiger partial charge in [0.15, 0.2) is 0 Å². The number of rotatable bonds is 0. The van der Waals surface area contributed by atoms with Gasteiger partial charge in [0.1, 0.15) is 11.8 Å². The average Bonchev–Trinajstić information content (AvgIpc) is 2.20. The van der Waals surface area contributed by atoms with Gasteiger partial charge in [0.05, 0.1) is 0 Å². The third-order valence-corrected chi connectivity index (χ3v) is 1.97. The smallest absolute Gasteiger partial charge is 0.143 e. The van der Waals surface area contributed by atoms with Crippen LogP contribution < -0.4 is 0 Å². The number of aryl methyl sites for hydroxylation is 1. The Kier molecular flexibility index (Phi) is 5.00. The van der Waals surface area contributed by atoms with Gasteiger partial charge in [-0.3, -0.25) is 0 Å². The van der Waals surface area contributed by atoms with E-state index in [0.717, 1.165) is 11.3 Å². The maximum atomic E-state index is 8.80. The summed E-state index contributed by atoms with van der Waals surface area (Å²) in [5.74, 6) is 0. The Morgan fingerprint density at radius 2 is 1.73 bits per heavy atom. The highest BCUT2D eigenvalue weighted by Crippen LogP contribution is 2.20. The molecule has 1 aromatic heterocycles. The number of hydrogen-bond donors (Lipinski definition) is 0. The maximum Gasteiger partial charge on any atom is 0.143 e. The number of pyridine rings is 1. The maximum absolute atomic E-state index is 8.80. The molecule has 0 amide bonds. The molecule has 1 heterocycles. The van der Waals surface area contributed by atoms with Crippen molar-refractivity contribution in [3.05, 3.63) is 29.1 Å². The first kappa shape index (κ1) is 13.6. The lowest BCUT2D eigenvalue weighted by atomic mass is 9.91. The van der Waals surface area contributed by atoms with Crippen LogP contribution >= 0.6 is 0 Å². The highest BCUT2D eigenvalue weighted by molar-refractivity contribution is 5.32. The summed E-state index contributed by atoms with van der Waals surface area (Å²) in [5.41, 5.74) is 2.46. The van der Waals surface area contributed by atoms with Crippen LogP contribution in [0.5, 0.6) is 0 Å². The van der Waals surface area contributed by atoms with E-state index in [-0.39, 0.29) is 5.41 Å². The van der Waals surface area contributed by atoms with Gasteiger partial charge in [-0.05, 0) is 18.6 Å². The van der Waals surface area contributed by atoms with Crippen molar-refractivity contribution in [1.29, 1.82) is 5.26 Å². The fourth-order valence-corrected chi connectivity index (χ4v) is 1.06. The fourth-order valence-electron chi connectivity index (χ4n) is 1.06. The van der Waals surface area contributed by atoms with E-state index in [1.54, 1.807) is 0 Å². The van der Waals surface area contributed by atoms with Gasteiger partial charge in [-0.25, -0.2) is 4.98 Å². The average molecular weight is 204 g/mol. The van der Waals surface area contributed by atoms with Gasteiger partial charge in [0, 0.05) is 11.1 Å². The summed E-state index contributed by atoms with van der Waals surface area (Å²) in [7, 11) is 0. The molecule has 1 aromatic rings. The topological polar surface area (TPSA) is 36.7 Å². The van der Waals surface area contributed by atoms with Gasteiger partial charge in [-0.15, -0.1) is 0 Å². The zero-order chi connectivity index (χ0) is 12.1. The van der Waals surface area contributed by atoms with E-state index >= 15 is 0 Å². The Balaban J connectivity index is 0.000000921. The van der Waals surface area contributed by atoms with E-state index in [1.807, 2.05) is 32.9 Å². The molecule has 0 saturated heterocycles. The predicted molar refractivity (Wildman–Crippen MR) is 63.7 cm³/mol. The van der Waals surface area contributed by atoms with E-state index in [2.05, 4.69) is 31.8 Å². The second-order valence-corrected chi connectivity index (χ2v) is 4.22. The highest BCUT2D eigenvalue weighted by Gasteiger charge is 2.16. The van der Waals surface area contributed by atoms with Crippen molar-refractivity contribution in [3.8, 4) is 6.07 Å². The van der Waals surface area contributed by atoms with Crippen molar-refractivity contribution in [2.24, 2.45) is 0 Å². The molecule has 0 spiro atoms. The molecule has 0 fully saturated rings. The third-order valence-electron chi connectivity index (χ3n) is 1.97. The number of hydrogen-bond acceptors (Lipinski definition) is 2. The SMILES string of the molecule is CC.Cc1ccc(C(C)(C)C)nc1C#N. The largest absolute Gasteiger partial charge is 0.241 e. The van der Waals surface area contributed by atoms with Crippen LogP contribution in [-0.4, -0.2) is 4.98 Å². The molecular weight excluding hydrogens is 184 g/mol. The van der Waals surface area contributed by atoms with E-state index in [9.17, 15) is 0 Å². The highest BCUT2D eigenvalue weighted by atomic mass is 14.7. The summed E-state index contributed by atoms with van der Waals surface area (Å²) in [5, 5.41) is 8.80.